The summed E-state index contributed by atoms with van der Waals surface area (Å²) in [5, 5.41) is 0. The molecule has 0 unspecified atom stereocenters. The van der Waals surface area contributed by atoms with E-state index in [1.165, 1.54) is 6.07 Å². The minimum atomic E-state index is -3.26. The van der Waals surface area contributed by atoms with Crippen molar-refractivity contribution < 1.29 is 22.7 Å². The van der Waals surface area contributed by atoms with Gasteiger partial charge >= 0.3 is 6.43 Å². The van der Waals surface area contributed by atoms with Crippen LogP contribution in [0.5, 0.6) is 5.75 Å². The van der Waals surface area contributed by atoms with Gasteiger partial charge in [-0.15, -0.1) is 0 Å². The maximum Gasteiger partial charge on any atom is 0.300 e. The van der Waals surface area contributed by atoms with Gasteiger partial charge in [-0.25, -0.2) is 13.2 Å². The average molecular weight is 297 g/mol. The first kappa shape index (κ1) is 13.0. The summed E-state index contributed by atoms with van der Waals surface area (Å²) in [5.41, 5.74) is -0.716. The normalized spacial score (nSPS) is 10.6. The second kappa shape index (κ2) is 5.34. The minimum Gasteiger partial charge on any atom is -0.492 e. The van der Waals surface area contributed by atoms with Gasteiger partial charge in [0.1, 0.15) is 17.1 Å². The molecular formula is C10H8BrF3O2. The number of alkyl halides is 2. The standard InChI is InChI=1S/C10H8BrF3O2/c1-2-16-9-5(11)3-4-6(12)7(9)8(15)10(13)14/h3-4,10H,2H2,1H3. The number of hydrogen-bond donors (Lipinski definition) is 0. The van der Waals surface area contributed by atoms with Crippen molar-refractivity contribution in [2.75, 3.05) is 6.61 Å². The second-order valence-corrected chi connectivity index (χ2v) is 3.69. The van der Waals surface area contributed by atoms with E-state index in [2.05, 4.69) is 15.9 Å². The molecule has 0 aromatic heterocycles. The lowest BCUT2D eigenvalue weighted by Crippen LogP contribution is -2.14. The number of ether oxygens (including phenoxy) is 1. The highest BCUT2D eigenvalue weighted by molar-refractivity contribution is 9.10. The summed E-state index contributed by atoms with van der Waals surface area (Å²) in [6, 6.07) is 2.23. The largest absolute Gasteiger partial charge is 0.492 e. The van der Waals surface area contributed by atoms with E-state index in [9.17, 15) is 18.0 Å². The summed E-state index contributed by atoms with van der Waals surface area (Å²) in [4.78, 5) is 11.1. The lowest BCUT2D eigenvalue weighted by Gasteiger charge is -2.11. The number of carbonyl (C=O) groups is 1. The lowest BCUT2D eigenvalue weighted by molar-refractivity contribution is 0.0669. The number of carbonyl (C=O) groups excluding carboxylic acids is 1. The van der Waals surface area contributed by atoms with Crippen LogP contribution in [0.2, 0.25) is 0 Å². The molecule has 0 saturated heterocycles. The number of benzene rings is 1. The van der Waals surface area contributed by atoms with Crippen molar-refractivity contribution in [1.29, 1.82) is 0 Å². The molecule has 2 nitrogen and oxygen atoms in total. The van der Waals surface area contributed by atoms with Gasteiger partial charge in [0.25, 0.3) is 0 Å². The zero-order chi connectivity index (χ0) is 12.3. The lowest BCUT2D eigenvalue weighted by atomic mass is 10.1. The quantitative estimate of drug-likeness (QED) is 0.796. The van der Waals surface area contributed by atoms with Gasteiger partial charge in [0.15, 0.2) is 0 Å². The van der Waals surface area contributed by atoms with Crippen LogP contribution in [-0.2, 0) is 0 Å². The zero-order valence-corrected chi connectivity index (χ0v) is 9.85. The first-order valence-electron chi connectivity index (χ1n) is 4.42. The first-order valence-corrected chi connectivity index (χ1v) is 5.21. The van der Waals surface area contributed by atoms with Crippen molar-refractivity contribution in [2.24, 2.45) is 0 Å². The summed E-state index contributed by atoms with van der Waals surface area (Å²) in [7, 11) is 0. The number of rotatable bonds is 4. The molecule has 0 spiro atoms. The van der Waals surface area contributed by atoms with E-state index < -0.39 is 23.6 Å². The average Bonchev–Trinajstić information content (AvgIpc) is 2.23. The van der Waals surface area contributed by atoms with E-state index in [-0.39, 0.29) is 16.8 Å². The Kier molecular flexibility index (Phi) is 4.35. The van der Waals surface area contributed by atoms with Crippen LogP contribution in [0, 0.1) is 5.82 Å². The van der Waals surface area contributed by atoms with Crippen LogP contribution >= 0.6 is 15.9 Å². The predicted octanol–water partition coefficient (Wildman–Crippen LogP) is 3.43. The molecule has 0 amide bonds. The van der Waals surface area contributed by atoms with Crippen LogP contribution in [-0.4, -0.2) is 18.8 Å². The van der Waals surface area contributed by atoms with E-state index in [4.69, 9.17) is 4.74 Å². The minimum absolute atomic E-state index is 0.144. The third kappa shape index (κ3) is 2.55. The Morgan fingerprint density at radius 2 is 2.12 bits per heavy atom. The summed E-state index contributed by atoms with van der Waals surface area (Å²) in [6.07, 6.45) is -3.26. The fourth-order valence-corrected chi connectivity index (χ4v) is 1.60. The molecule has 0 bridgehead atoms. The van der Waals surface area contributed by atoms with Crippen LogP contribution in [0.1, 0.15) is 17.3 Å². The zero-order valence-electron chi connectivity index (χ0n) is 8.27. The molecule has 6 heteroatoms. The van der Waals surface area contributed by atoms with Crippen molar-refractivity contribution in [3.63, 3.8) is 0 Å². The number of halogens is 4. The molecule has 0 atom stereocenters. The Balaban J connectivity index is 3.33. The maximum atomic E-state index is 13.3. The molecule has 0 aliphatic carbocycles. The monoisotopic (exact) mass is 296 g/mol. The van der Waals surface area contributed by atoms with E-state index in [0.29, 0.717) is 0 Å². The molecule has 0 aliphatic heterocycles. The van der Waals surface area contributed by atoms with E-state index in [1.54, 1.807) is 6.92 Å². The Labute approximate surface area is 98.5 Å². The van der Waals surface area contributed by atoms with Crippen LogP contribution in [0.15, 0.2) is 16.6 Å². The van der Waals surface area contributed by atoms with Crippen LogP contribution in [0.3, 0.4) is 0 Å². The SMILES string of the molecule is CCOc1c(Br)ccc(F)c1C(=O)C(F)F. The number of hydrogen-bond acceptors (Lipinski definition) is 2. The van der Waals surface area contributed by atoms with Gasteiger partial charge in [0.05, 0.1) is 11.1 Å². The second-order valence-electron chi connectivity index (χ2n) is 2.83. The van der Waals surface area contributed by atoms with Crippen molar-refractivity contribution >= 4 is 21.7 Å². The highest BCUT2D eigenvalue weighted by atomic mass is 79.9. The topological polar surface area (TPSA) is 26.3 Å². The van der Waals surface area contributed by atoms with E-state index >= 15 is 0 Å². The van der Waals surface area contributed by atoms with Gasteiger partial charge in [-0.1, -0.05) is 0 Å². The predicted molar refractivity (Wildman–Crippen MR) is 55.6 cm³/mol. The van der Waals surface area contributed by atoms with E-state index in [1.807, 2.05) is 0 Å². The van der Waals surface area contributed by atoms with E-state index in [0.717, 1.165) is 6.07 Å². The van der Waals surface area contributed by atoms with Gasteiger partial charge in [-0.3, -0.25) is 4.79 Å². The molecular weight excluding hydrogens is 289 g/mol. The third-order valence-electron chi connectivity index (χ3n) is 1.79. The Morgan fingerprint density at radius 3 is 2.62 bits per heavy atom. The first-order chi connectivity index (χ1) is 7.49. The maximum absolute atomic E-state index is 13.3. The molecule has 88 valence electrons. The summed E-state index contributed by atoms with van der Waals surface area (Å²) >= 11 is 3.01. The fraction of sp³-hybridized carbons (Fsp3) is 0.300. The molecule has 0 radical (unpaired) electrons. The molecule has 0 saturated carbocycles. The smallest absolute Gasteiger partial charge is 0.300 e. The summed E-state index contributed by atoms with van der Waals surface area (Å²) in [6.45, 7) is 1.75. The number of Topliss-reactive ketones (excluding diaryl/α,β-unsaturated/α-hetero) is 1. The Hall–Kier alpha value is -1.04. The van der Waals surface area contributed by atoms with Gasteiger partial charge in [-0.2, -0.15) is 0 Å². The Bertz CT molecular complexity index is 407. The highest BCUT2D eigenvalue weighted by Gasteiger charge is 2.27. The molecule has 1 rings (SSSR count). The van der Waals surface area contributed by atoms with Crippen LogP contribution in [0.25, 0.3) is 0 Å². The fourth-order valence-electron chi connectivity index (χ4n) is 1.16. The molecule has 16 heavy (non-hydrogen) atoms. The van der Waals surface area contributed by atoms with Crippen molar-refractivity contribution in [3.8, 4) is 5.75 Å². The summed E-state index contributed by atoms with van der Waals surface area (Å²) < 4.78 is 43.1. The van der Waals surface area contributed by atoms with Crippen molar-refractivity contribution in [3.05, 3.63) is 28.0 Å². The summed E-state index contributed by atoms with van der Waals surface area (Å²) in [5.74, 6) is -2.79. The molecule has 1 aromatic rings. The van der Waals surface area contributed by atoms with Crippen molar-refractivity contribution in [1.82, 2.24) is 0 Å². The van der Waals surface area contributed by atoms with Gasteiger partial charge in [0.2, 0.25) is 5.78 Å². The van der Waals surface area contributed by atoms with Gasteiger partial charge in [0, 0.05) is 0 Å². The molecule has 0 fully saturated rings. The molecule has 1 aromatic carbocycles. The van der Waals surface area contributed by atoms with Gasteiger partial charge in [-0.05, 0) is 35.0 Å². The third-order valence-corrected chi connectivity index (χ3v) is 2.42. The van der Waals surface area contributed by atoms with Crippen LogP contribution < -0.4 is 4.74 Å². The molecule has 0 aliphatic rings. The van der Waals surface area contributed by atoms with Crippen molar-refractivity contribution in [2.45, 2.75) is 13.3 Å². The van der Waals surface area contributed by atoms with Gasteiger partial charge < -0.3 is 4.74 Å². The molecule has 0 N–H and O–H groups in total. The Morgan fingerprint density at radius 1 is 1.50 bits per heavy atom. The highest BCUT2D eigenvalue weighted by Crippen LogP contribution is 2.32. The van der Waals surface area contributed by atoms with Crippen LogP contribution in [0.4, 0.5) is 13.2 Å². The molecule has 0 heterocycles. The number of ketones is 1.